The number of halogens is 2. The first kappa shape index (κ1) is 15.2. The molecule has 2 nitrogen and oxygen atoms in total. The molecule has 0 saturated heterocycles. The van der Waals surface area contributed by atoms with Gasteiger partial charge in [-0.3, -0.25) is 4.68 Å². The smallest absolute Gasteiger partial charge is 0.0766 e. The molecule has 0 N–H and O–H groups in total. The molecule has 17 heavy (non-hydrogen) atoms. The van der Waals surface area contributed by atoms with E-state index in [2.05, 4.69) is 69.3 Å². The molecule has 0 spiro atoms. The van der Waals surface area contributed by atoms with Gasteiger partial charge in [-0.25, -0.2) is 0 Å². The molecular weight excluding hydrogens is 344 g/mol. The lowest BCUT2D eigenvalue weighted by molar-refractivity contribution is 0.479. The van der Waals surface area contributed by atoms with E-state index in [1.54, 1.807) is 0 Å². The molecule has 4 heteroatoms. The standard InChI is InChI=1S/C13H22Br2N2/c1-5-10(9(4)14)8-12-13(15)11(6-2)16-17(12)7-3/h9-10H,5-8H2,1-4H3. The Morgan fingerprint density at radius 3 is 2.35 bits per heavy atom. The summed E-state index contributed by atoms with van der Waals surface area (Å²) in [5.41, 5.74) is 2.53. The van der Waals surface area contributed by atoms with E-state index < -0.39 is 0 Å². The molecule has 0 amide bonds. The lowest BCUT2D eigenvalue weighted by atomic mass is 9.97. The number of aromatic nitrogens is 2. The van der Waals surface area contributed by atoms with Gasteiger partial charge in [0.15, 0.2) is 0 Å². The topological polar surface area (TPSA) is 17.8 Å². The molecule has 1 heterocycles. The van der Waals surface area contributed by atoms with Crippen LogP contribution in [0.15, 0.2) is 4.47 Å². The zero-order valence-electron chi connectivity index (χ0n) is 11.1. The summed E-state index contributed by atoms with van der Waals surface area (Å²) in [5, 5.41) is 4.65. The minimum atomic E-state index is 0.546. The third kappa shape index (κ3) is 3.57. The third-order valence-corrected chi connectivity index (χ3v) is 4.99. The van der Waals surface area contributed by atoms with Crippen LogP contribution in [-0.2, 0) is 19.4 Å². The molecule has 0 fully saturated rings. The predicted octanol–water partition coefficient (Wildman–Crippen LogP) is 4.58. The van der Waals surface area contributed by atoms with E-state index >= 15 is 0 Å². The van der Waals surface area contributed by atoms with Crippen molar-refractivity contribution in [2.45, 2.75) is 58.3 Å². The number of aryl methyl sites for hydroxylation is 2. The number of hydrogen-bond donors (Lipinski definition) is 0. The van der Waals surface area contributed by atoms with Crippen LogP contribution < -0.4 is 0 Å². The van der Waals surface area contributed by atoms with Crippen molar-refractivity contribution in [2.75, 3.05) is 0 Å². The Morgan fingerprint density at radius 2 is 1.94 bits per heavy atom. The van der Waals surface area contributed by atoms with Crippen molar-refractivity contribution >= 4 is 31.9 Å². The Labute approximate surface area is 121 Å². The molecule has 2 atom stereocenters. The van der Waals surface area contributed by atoms with Crippen LogP contribution in [0.25, 0.3) is 0 Å². The van der Waals surface area contributed by atoms with Crippen molar-refractivity contribution in [3.8, 4) is 0 Å². The first-order valence-electron chi connectivity index (χ1n) is 6.43. The highest BCUT2D eigenvalue weighted by Crippen LogP contribution is 2.28. The Balaban J connectivity index is 2.99. The van der Waals surface area contributed by atoms with Crippen LogP contribution in [0.2, 0.25) is 0 Å². The monoisotopic (exact) mass is 364 g/mol. The fourth-order valence-corrected chi connectivity index (χ4v) is 3.38. The van der Waals surface area contributed by atoms with Crippen molar-refractivity contribution in [3.05, 3.63) is 15.9 Å². The SMILES string of the molecule is CCc1nn(CC)c(CC(CC)C(C)Br)c1Br. The van der Waals surface area contributed by atoms with E-state index in [0.717, 1.165) is 19.4 Å². The summed E-state index contributed by atoms with van der Waals surface area (Å²) in [4.78, 5) is 0.546. The summed E-state index contributed by atoms with van der Waals surface area (Å²) in [6, 6.07) is 0. The minimum Gasteiger partial charge on any atom is -0.268 e. The molecule has 0 aliphatic rings. The summed E-state index contributed by atoms with van der Waals surface area (Å²) in [6.45, 7) is 9.74. The molecule has 0 bridgehead atoms. The molecule has 1 aromatic heterocycles. The van der Waals surface area contributed by atoms with Crippen molar-refractivity contribution < 1.29 is 0 Å². The van der Waals surface area contributed by atoms with Crippen molar-refractivity contribution in [1.82, 2.24) is 9.78 Å². The fraction of sp³-hybridized carbons (Fsp3) is 0.769. The zero-order chi connectivity index (χ0) is 13.0. The zero-order valence-corrected chi connectivity index (χ0v) is 14.3. The van der Waals surface area contributed by atoms with Crippen LogP contribution in [0.3, 0.4) is 0 Å². The molecule has 0 radical (unpaired) electrons. The van der Waals surface area contributed by atoms with Crippen LogP contribution in [0.5, 0.6) is 0 Å². The number of alkyl halides is 1. The van der Waals surface area contributed by atoms with Gasteiger partial charge in [0, 0.05) is 11.4 Å². The summed E-state index contributed by atoms with van der Waals surface area (Å²) in [7, 11) is 0. The molecule has 1 aromatic rings. The molecule has 0 aliphatic heterocycles. The van der Waals surface area contributed by atoms with E-state index in [9.17, 15) is 0 Å². The third-order valence-electron chi connectivity index (χ3n) is 3.32. The summed E-state index contributed by atoms with van der Waals surface area (Å²) < 4.78 is 3.36. The second-order valence-electron chi connectivity index (χ2n) is 4.43. The van der Waals surface area contributed by atoms with Crippen LogP contribution in [0.4, 0.5) is 0 Å². The van der Waals surface area contributed by atoms with Gasteiger partial charge in [0.1, 0.15) is 0 Å². The van der Waals surface area contributed by atoms with Gasteiger partial charge >= 0.3 is 0 Å². The highest BCUT2D eigenvalue weighted by molar-refractivity contribution is 9.10. The minimum absolute atomic E-state index is 0.546. The molecule has 0 aromatic carbocycles. The Morgan fingerprint density at radius 1 is 1.29 bits per heavy atom. The van der Waals surface area contributed by atoms with Crippen LogP contribution in [0.1, 0.15) is 45.5 Å². The second-order valence-corrected chi connectivity index (χ2v) is 6.66. The highest BCUT2D eigenvalue weighted by Gasteiger charge is 2.20. The lowest BCUT2D eigenvalue weighted by Gasteiger charge is -2.18. The Kier molecular flexibility index (Phi) is 6.21. The number of nitrogens with zero attached hydrogens (tertiary/aromatic N) is 2. The van der Waals surface area contributed by atoms with Gasteiger partial charge in [0.2, 0.25) is 0 Å². The van der Waals surface area contributed by atoms with Gasteiger partial charge in [-0.15, -0.1) is 0 Å². The van der Waals surface area contributed by atoms with Gasteiger partial charge in [-0.1, -0.05) is 43.1 Å². The van der Waals surface area contributed by atoms with Crippen LogP contribution >= 0.6 is 31.9 Å². The van der Waals surface area contributed by atoms with Crippen LogP contribution in [-0.4, -0.2) is 14.6 Å². The maximum Gasteiger partial charge on any atom is 0.0766 e. The largest absolute Gasteiger partial charge is 0.268 e. The van der Waals surface area contributed by atoms with Crippen molar-refractivity contribution in [3.63, 3.8) is 0 Å². The Bertz CT molecular complexity index is 359. The van der Waals surface area contributed by atoms with E-state index in [4.69, 9.17) is 0 Å². The summed E-state index contributed by atoms with van der Waals surface area (Å²) in [5.74, 6) is 0.665. The summed E-state index contributed by atoms with van der Waals surface area (Å²) in [6.07, 6.45) is 3.26. The number of rotatable bonds is 6. The van der Waals surface area contributed by atoms with Gasteiger partial charge in [-0.05, 0) is 41.6 Å². The second kappa shape index (κ2) is 6.93. The van der Waals surface area contributed by atoms with Gasteiger partial charge in [-0.2, -0.15) is 5.10 Å². The molecule has 0 aliphatic carbocycles. The Hall–Kier alpha value is 0.170. The first-order chi connectivity index (χ1) is 8.04. The molecule has 98 valence electrons. The first-order valence-corrected chi connectivity index (χ1v) is 8.13. The van der Waals surface area contributed by atoms with E-state index in [1.807, 2.05) is 0 Å². The van der Waals surface area contributed by atoms with Gasteiger partial charge in [0.05, 0.1) is 15.9 Å². The molecule has 1 rings (SSSR count). The predicted molar refractivity (Wildman–Crippen MR) is 80.9 cm³/mol. The fourth-order valence-electron chi connectivity index (χ4n) is 2.09. The normalized spacial score (nSPS) is 14.9. The highest BCUT2D eigenvalue weighted by atomic mass is 79.9. The average molecular weight is 366 g/mol. The molecular formula is C13H22Br2N2. The van der Waals surface area contributed by atoms with Crippen molar-refractivity contribution in [1.29, 1.82) is 0 Å². The maximum absolute atomic E-state index is 4.65. The van der Waals surface area contributed by atoms with Crippen molar-refractivity contribution in [2.24, 2.45) is 5.92 Å². The number of hydrogen-bond acceptors (Lipinski definition) is 1. The van der Waals surface area contributed by atoms with E-state index in [-0.39, 0.29) is 0 Å². The van der Waals surface area contributed by atoms with Crippen LogP contribution in [0, 0.1) is 5.92 Å². The van der Waals surface area contributed by atoms with E-state index in [0.29, 0.717) is 10.7 Å². The average Bonchev–Trinajstić information content (AvgIpc) is 2.62. The summed E-state index contributed by atoms with van der Waals surface area (Å²) >= 11 is 7.42. The molecule has 2 unspecified atom stereocenters. The quantitative estimate of drug-likeness (QED) is 0.674. The van der Waals surface area contributed by atoms with Gasteiger partial charge in [0.25, 0.3) is 0 Å². The van der Waals surface area contributed by atoms with Gasteiger partial charge < -0.3 is 0 Å². The molecule has 0 saturated carbocycles. The van der Waals surface area contributed by atoms with E-state index in [1.165, 1.54) is 22.3 Å². The lowest BCUT2D eigenvalue weighted by Crippen LogP contribution is -2.16. The maximum atomic E-state index is 4.65.